The average molecular weight is 179 g/mol. The Kier molecular flexibility index (Phi) is 2.07. The highest BCUT2D eigenvalue weighted by atomic mass is 16.6. The first-order valence-corrected chi connectivity index (χ1v) is 4.38. The molecule has 3 nitrogen and oxygen atoms in total. The maximum atomic E-state index is 9.82. The molecule has 0 unspecified atom stereocenters. The molecule has 0 radical (unpaired) electrons. The van der Waals surface area contributed by atoms with Gasteiger partial charge in [0.15, 0.2) is 0 Å². The fourth-order valence-electron chi connectivity index (χ4n) is 1.45. The maximum absolute atomic E-state index is 9.82. The SMILES string of the molecule is NOCc1cccc(C2(O)CC2)c1. The monoisotopic (exact) mass is 179 g/mol. The van der Waals surface area contributed by atoms with Crippen molar-refractivity contribution in [3.63, 3.8) is 0 Å². The van der Waals surface area contributed by atoms with Crippen molar-refractivity contribution in [2.75, 3.05) is 0 Å². The molecule has 0 spiro atoms. The van der Waals surface area contributed by atoms with E-state index in [9.17, 15) is 5.11 Å². The van der Waals surface area contributed by atoms with Crippen molar-refractivity contribution in [3.05, 3.63) is 35.4 Å². The van der Waals surface area contributed by atoms with E-state index in [4.69, 9.17) is 5.90 Å². The molecule has 70 valence electrons. The first-order valence-electron chi connectivity index (χ1n) is 4.38. The van der Waals surface area contributed by atoms with Crippen molar-refractivity contribution in [1.82, 2.24) is 0 Å². The molecule has 1 aromatic rings. The highest BCUT2D eigenvalue weighted by Gasteiger charge is 2.41. The van der Waals surface area contributed by atoms with Gasteiger partial charge in [-0.2, -0.15) is 0 Å². The summed E-state index contributed by atoms with van der Waals surface area (Å²) in [6.45, 7) is 0.393. The van der Waals surface area contributed by atoms with Crippen LogP contribution in [0, 0.1) is 0 Å². The van der Waals surface area contributed by atoms with Crippen molar-refractivity contribution < 1.29 is 9.94 Å². The van der Waals surface area contributed by atoms with Crippen molar-refractivity contribution >= 4 is 0 Å². The van der Waals surface area contributed by atoms with Crippen molar-refractivity contribution in [1.29, 1.82) is 0 Å². The number of hydrogen-bond acceptors (Lipinski definition) is 3. The quantitative estimate of drug-likeness (QED) is 0.682. The third-order valence-electron chi connectivity index (χ3n) is 2.44. The van der Waals surface area contributed by atoms with Gasteiger partial charge in [-0.3, -0.25) is 4.84 Å². The predicted octanol–water partition coefficient (Wildman–Crippen LogP) is 1.06. The Bertz CT molecular complexity index is 308. The average Bonchev–Trinajstić information content (AvgIpc) is 2.86. The molecular weight excluding hydrogens is 166 g/mol. The van der Waals surface area contributed by atoms with Gasteiger partial charge in [-0.15, -0.1) is 0 Å². The van der Waals surface area contributed by atoms with Crippen LogP contribution < -0.4 is 5.90 Å². The molecular formula is C10H13NO2. The van der Waals surface area contributed by atoms with E-state index in [1.807, 2.05) is 24.3 Å². The Morgan fingerprint density at radius 3 is 2.85 bits per heavy atom. The lowest BCUT2D eigenvalue weighted by Crippen LogP contribution is -2.05. The second-order valence-corrected chi connectivity index (χ2v) is 3.54. The summed E-state index contributed by atoms with van der Waals surface area (Å²) in [4.78, 5) is 4.53. The molecule has 3 heteroatoms. The lowest BCUT2D eigenvalue weighted by atomic mass is 10.1. The fourth-order valence-corrected chi connectivity index (χ4v) is 1.45. The van der Waals surface area contributed by atoms with Gasteiger partial charge >= 0.3 is 0 Å². The van der Waals surface area contributed by atoms with Crippen LogP contribution in [0.25, 0.3) is 0 Å². The summed E-state index contributed by atoms with van der Waals surface area (Å²) in [5.41, 5.74) is 1.41. The molecule has 0 aliphatic heterocycles. The molecule has 13 heavy (non-hydrogen) atoms. The molecule has 1 aliphatic carbocycles. The Hall–Kier alpha value is -0.900. The van der Waals surface area contributed by atoms with E-state index in [2.05, 4.69) is 4.84 Å². The summed E-state index contributed by atoms with van der Waals surface area (Å²) in [6, 6.07) is 7.73. The Labute approximate surface area is 77.1 Å². The van der Waals surface area contributed by atoms with E-state index in [-0.39, 0.29) is 0 Å². The molecule has 0 amide bonds. The second kappa shape index (κ2) is 3.10. The van der Waals surface area contributed by atoms with E-state index in [0.717, 1.165) is 24.0 Å². The van der Waals surface area contributed by atoms with Gasteiger partial charge < -0.3 is 5.11 Å². The number of aliphatic hydroxyl groups is 1. The topological polar surface area (TPSA) is 55.5 Å². The summed E-state index contributed by atoms with van der Waals surface area (Å²) >= 11 is 0. The van der Waals surface area contributed by atoms with Crippen LogP contribution >= 0.6 is 0 Å². The van der Waals surface area contributed by atoms with Crippen LogP contribution in [-0.4, -0.2) is 5.11 Å². The van der Waals surface area contributed by atoms with Crippen LogP contribution in [-0.2, 0) is 17.0 Å². The molecule has 1 fully saturated rings. The second-order valence-electron chi connectivity index (χ2n) is 3.54. The molecule has 3 N–H and O–H groups in total. The molecule has 0 heterocycles. The van der Waals surface area contributed by atoms with Crippen LogP contribution in [0.5, 0.6) is 0 Å². The van der Waals surface area contributed by atoms with Gasteiger partial charge in [-0.25, -0.2) is 5.90 Å². The minimum absolute atomic E-state index is 0.393. The highest BCUT2D eigenvalue weighted by Crippen LogP contribution is 2.45. The van der Waals surface area contributed by atoms with Gasteiger partial charge in [-0.1, -0.05) is 24.3 Å². The number of hydrogen-bond donors (Lipinski definition) is 2. The molecule has 2 rings (SSSR count). The predicted molar refractivity (Wildman–Crippen MR) is 48.5 cm³/mol. The Balaban J connectivity index is 2.22. The molecule has 1 aromatic carbocycles. The molecule has 0 aromatic heterocycles. The van der Waals surface area contributed by atoms with Crippen LogP contribution in [0.4, 0.5) is 0 Å². The van der Waals surface area contributed by atoms with Crippen LogP contribution in [0.2, 0.25) is 0 Å². The minimum Gasteiger partial charge on any atom is -0.385 e. The summed E-state index contributed by atoms with van der Waals surface area (Å²) in [5, 5.41) is 9.82. The van der Waals surface area contributed by atoms with Gasteiger partial charge in [-0.05, 0) is 24.0 Å². The normalized spacial score (nSPS) is 18.6. The molecule has 1 aliphatic rings. The van der Waals surface area contributed by atoms with E-state index >= 15 is 0 Å². The summed E-state index contributed by atoms with van der Waals surface area (Å²) < 4.78 is 0. The summed E-state index contributed by atoms with van der Waals surface area (Å²) in [7, 11) is 0. The fraction of sp³-hybridized carbons (Fsp3) is 0.400. The van der Waals surface area contributed by atoms with E-state index < -0.39 is 5.60 Å². The third kappa shape index (κ3) is 1.72. The number of nitrogens with two attached hydrogens (primary N) is 1. The van der Waals surface area contributed by atoms with Gasteiger partial charge in [0.2, 0.25) is 0 Å². The Morgan fingerprint density at radius 1 is 1.46 bits per heavy atom. The standard InChI is InChI=1S/C10H13NO2/c11-13-7-8-2-1-3-9(6-8)10(12)4-5-10/h1-3,6,12H,4-5,7,11H2. The maximum Gasteiger partial charge on any atom is 0.0930 e. The molecule has 0 bridgehead atoms. The first kappa shape index (κ1) is 8.69. The van der Waals surface area contributed by atoms with Crippen molar-refractivity contribution in [2.45, 2.75) is 25.0 Å². The minimum atomic E-state index is -0.565. The number of benzene rings is 1. The Morgan fingerprint density at radius 2 is 2.23 bits per heavy atom. The van der Waals surface area contributed by atoms with E-state index in [0.29, 0.717) is 6.61 Å². The first-order chi connectivity index (χ1) is 6.24. The van der Waals surface area contributed by atoms with Crippen LogP contribution in [0.15, 0.2) is 24.3 Å². The molecule has 1 saturated carbocycles. The smallest absolute Gasteiger partial charge is 0.0930 e. The van der Waals surface area contributed by atoms with Crippen LogP contribution in [0.1, 0.15) is 24.0 Å². The van der Waals surface area contributed by atoms with Gasteiger partial charge in [0.1, 0.15) is 0 Å². The van der Waals surface area contributed by atoms with Crippen LogP contribution in [0.3, 0.4) is 0 Å². The summed E-state index contributed by atoms with van der Waals surface area (Å²) in [6.07, 6.45) is 1.72. The largest absolute Gasteiger partial charge is 0.385 e. The summed E-state index contributed by atoms with van der Waals surface area (Å²) in [5.74, 6) is 4.97. The molecule has 0 saturated heterocycles. The third-order valence-corrected chi connectivity index (χ3v) is 2.44. The zero-order chi connectivity index (χ0) is 9.31. The van der Waals surface area contributed by atoms with Crippen molar-refractivity contribution in [3.8, 4) is 0 Å². The molecule has 0 atom stereocenters. The van der Waals surface area contributed by atoms with E-state index in [1.54, 1.807) is 0 Å². The lowest BCUT2D eigenvalue weighted by Gasteiger charge is -2.09. The van der Waals surface area contributed by atoms with Gasteiger partial charge in [0.25, 0.3) is 0 Å². The van der Waals surface area contributed by atoms with E-state index in [1.165, 1.54) is 0 Å². The zero-order valence-corrected chi connectivity index (χ0v) is 7.36. The van der Waals surface area contributed by atoms with Crippen molar-refractivity contribution in [2.24, 2.45) is 5.90 Å². The van der Waals surface area contributed by atoms with Gasteiger partial charge in [0, 0.05) is 0 Å². The van der Waals surface area contributed by atoms with Gasteiger partial charge in [0.05, 0.1) is 12.2 Å². The lowest BCUT2D eigenvalue weighted by molar-refractivity contribution is 0.123. The zero-order valence-electron chi connectivity index (χ0n) is 7.36. The highest BCUT2D eigenvalue weighted by molar-refractivity contribution is 5.31. The number of rotatable bonds is 3.